The quantitative estimate of drug-likeness (QED) is 0.847. The molecule has 1 rings (SSSR count). The van der Waals surface area contributed by atoms with Gasteiger partial charge in [0.25, 0.3) is 0 Å². The fourth-order valence-electron chi connectivity index (χ4n) is 1.29. The number of nitrogens with one attached hydrogen (secondary N) is 1. The van der Waals surface area contributed by atoms with E-state index in [-0.39, 0.29) is 30.3 Å². The summed E-state index contributed by atoms with van der Waals surface area (Å²) in [7, 11) is 0. The zero-order chi connectivity index (χ0) is 11.3. The normalized spacial score (nSPS) is 13.4. The van der Waals surface area contributed by atoms with Gasteiger partial charge in [0, 0.05) is 12.5 Å². The average molecular weight is 243 g/mol. The van der Waals surface area contributed by atoms with Gasteiger partial charge in [0.15, 0.2) is 0 Å². The molecule has 0 aliphatic carbocycles. The fraction of sp³-hybridized carbons (Fsp3) is 0.417. The van der Waals surface area contributed by atoms with Crippen LogP contribution >= 0.6 is 12.4 Å². The first-order valence-corrected chi connectivity index (χ1v) is 5.20. The predicted octanol–water partition coefficient (Wildman–Crippen LogP) is 1.88. The first-order valence-electron chi connectivity index (χ1n) is 5.20. The predicted molar refractivity (Wildman–Crippen MR) is 68.5 cm³/mol. The van der Waals surface area contributed by atoms with Gasteiger partial charge < -0.3 is 11.1 Å². The number of halogens is 1. The van der Waals surface area contributed by atoms with E-state index in [0.29, 0.717) is 6.54 Å². The molecule has 2 atom stereocenters. The lowest BCUT2D eigenvalue weighted by Crippen LogP contribution is -2.34. The first kappa shape index (κ1) is 14.9. The minimum Gasteiger partial charge on any atom is -0.349 e. The van der Waals surface area contributed by atoms with Gasteiger partial charge in [-0.25, -0.2) is 0 Å². The molecule has 0 spiro atoms. The number of nitrogens with two attached hydrogens (primary N) is 1. The summed E-state index contributed by atoms with van der Waals surface area (Å²) in [5, 5.41) is 2.93. The van der Waals surface area contributed by atoms with E-state index in [4.69, 9.17) is 5.73 Å². The van der Waals surface area contributed by atoms with Crippen molar-refractivity contribution < 1.29 is 4.79 Å². The molecule has 1 aromatic rings. The van der Waals surface area contributed by atoms with Gasteiger partial charge in [-0.3, -0.25) is 4.79 Å². The summed E-state index contributed by atoms with van der Waals surface area (Å²) in [5.74, 6) is -0.120. The second kappa shape index (κ2) is 7.25. The third-order valence-corrected chi connectivity index (χ3v) is 2.46. The van der Waals surface area contributed by atoms with Crippen LogP contribution in [0, 0.1) is 5.92 Å². The molecule has 0 saturated carbocycles. The molecule has 90 valence electrons. The lowest BCUT2D eigenvalue weighted by Gasteiger charge is -2.16. The Kier molecular flexibility index (Phi) is 6.77. The number of benzene rings is 1. The van der Waals surface area contributed by atoms with Crippen LogP contribution in [0.2, 0.25) is 0 Å². The van der Waals surface area contributed by atoms with Crippen molar-refractivity contribution in [2.24, 2.45) is 11.7 Å². The van der Waals surface area contributed by atoms with Crippen molar-refractivity contribution in [1.82, 2.24) is 5.32 Å². The largest absolute Gasteiger partial charge is 0.349 e. The third-order valence-electron chi connectivity index (χ3n) is 2.46. The van der Waals surface area contributed by atoms with Gasteiger partial charge in [0.1, 0.15) is 0 Å². The average Bonchev–Trinajstić information content (AvgIpc) is 2.29. The highest BCUT2D eigenvalue weighted by Crippen LogP contribution is 2.11. The van der Waals surface area contributed by atoms with Gasteiger partial charge in [0.2, 0.25) is 5.91 Å². The first-order chi connectivity index (χ1) is 7.15. The fourth-order valence-corrected chi connectivity index (χ4v) is 1.29. The summed E-state index contributed by atoms with van der Waals surface area (Å²) in [4.78, 5) is 11.6. The molecular formula is C12H19ClN2O. The van der Waals surface area contributed by atoms with E-state index in [9.17, 15) is 4.79 Å². The molecule has 3 N–H and O–H groups in total. The van der Waals surface area contributed by atoms with Gasteiger partial charge in [-0.2, -0.15) is 0 Å². The molecular weight excluding hydrogens is 224 g/mol. The van der Waals surface area contributed by atoms with Crippen molar-refractivity contribution in [3.8, 4) is 0 Å². The lowest BCUT2D eigenvalue weighted by molar-refractivity contribution is -0.124. The van der Waals surface area contributed by atoms with Crippen LogP contribution in [0.5, 0.6) is 0 Å². The maximum absolute atomic E-state index is 11.6. The number of hydrogen-bond acceptors (Lipinski definition) is 2. The van der Waals surface area contributed by atoms with Crippen molar-refractivity contribution in [1.29, 1.82) is 0 Å². The van der Waals surface area contributed by atoms with Gasteiger partial charge in [-0.15, -0.1) is 12.4 Å². The number of rotatable bonds is 4. The van der Waals surface area contributed by atoms with Crippen LogP contribution in [0.15, 0.2) is 30.3 Å². The highest BCUT2D eigenvalue weighted by molar-refractivity contribution is 5.85. The van der Waals surface area contributed by atoms with Crippen LogP contribution in [-0.4, -0.2) is 12.5 Å². The highest BCUT2D eigenvalue weighted by Gasteiger charge is 2.14. The second-order valence-corrected chi connectivity index (χ2v) is 3.78. The van der Waals surface area contributed by atoms with E-state index in [1.165, 1.54) is 0 Å². The molecule has 4 heteroatoms. The van der Waals surface area contributed by atoms with E-state index in [0.717, 1.165) is 5.56 Å². The molecule has 1 amide bonds. The SMILES string of the molecule is CC(CN)C(=O)NC(C)c1ccccc1.Cl. The van der Waals surface area contributed by atoms with Crippen LogP contribution in [-0.2, 0) is 4.79 Å². The number of carbonyl (C=O) groups excluding carboxylic acids is 1. The topological polar surface area (TPSA) is 55.1 Å². The van der Waals surface area contributed by atoms with Gasteiger partial charge in [0.05, 0.1) is 6.04 Å². The minimum absolute atomic E-state index is 0. The Morgan fingerprint density at radius 1 is 1.31 bits per heavy atom. The van der Waals surface area contributed by atoms with E-state index in [1.54, 1.807) is 0 Å². The molecule has 3 nitrogen and oxygen atoms in total. The van der Waals surface area contributed by atoms with Crippen LogP contribution in [0.25, 0.3) is 0 Å². The molecule has 0 radical (unpaired) electrons. The van der Waals surface area contributed by atoms with Crippen LogP contribution < -0.4 is 11.1 Å². The van der Waals surface area contributed by atoms with E-state index < -0.39 is 0 Å². The molecule has 16 heavy (non-hydrogen) atoms. The Morgan fingerprint density at radius 2 is 1.88 bits per heavy atom. The Bertz CT molecular complexity index is 316. The molecule has 0 aliphatic heterocycles. The van der Waals surface area contributed by atoms with Crippen molar-refractivity contribution in [3.63, 3.8) is 0 Å². The number of amides is 1. The standard InChI is InChI=1S/C12H18N2O.ClH/c1-9(8-13)12(15)14-10(2)11-6-4-3-5-7-11;/h3-7,9-10H,8,13H2,1-2H3,(H,14,15);1H. The minimum atomic E-state index is -0.129. The summed E-state index contributed by atoms with van der Waals surface area (Å²) >= 11 is 0. The summed E-state index contributed by atoms with van der Waals surface area (Å²) in [5.41, 5.74) is 6.53. The number of hydrogen-bond donors (Lipinski definition) is 2. The van der Waals surface area contributed by atoms with E-state index >= 15 is 0 Å². The van der Waals surface area contributed by atoms with Crippen molar-refractivity contribution in [2.75, 3.05) is 6.54 Å². The Balaban J connectivity index is 0.00000225. The number of carbonyl (C=O) groups is 1. The highest BCUT2D eigenvalue weighted by atomic mass is 35.5. The van der Waals surface area contributed by atoms with Gasteiger partial charge in [-0.1, -0.05) is 37.3 Å². The molecule has 0 saturated heterocycles. The zero-order valence-corrected chi connectivity index (χ0v) is 10.5. The molecule has 0 heterocycles. The molecule has 0 aliphatic rings. The van der Waals surface area contributed by atoms with Gasteiger partial charge in [-0.05, 0) is 12.5 Å². The third kappa shape index (κ3) is 4.21. The molecule has 1 aromatic carbocycles. The Hall–Kier alpha value is -1.06. The van der Waals surface area contributed by atoms with Crippen molar-refractivity contribution >= 4 is 18.3 Å². The summed E-state index contributed by atoms with van der Waals surface area (Å²) < 4.78 is 0. The smallest absolute Gasteiger partial charge is 0.224 e. The van der Waals surface area contributed by atoms with E-state index in [1.807, 2.05) is 44.2 Å². The van der Waals surface area contributed by atoms with Crippen LogP contribution in [0.3, 0.4) is 0 Å². The monoisotopic (exact) mass is 242 g/mol. The molecule has 0 fully saturated rings. The maximum atomic E-state index is 11.6. The molecule has 0 aromatic heterocycles. The molecule has 2 unspecified atom stereocenters. The van der Waals surface area contributed by atoms with Gasteiger partial charge >= 0.3 is 0 Å². The van der Waals surface area contributed by atoms with Crippen molar-refractivity contribution in [3.05, 3.63) is 35.9 Å². The lowest BCUT2D eigenvalue weighted by atomic mass is 10.1. The molecule has 0 bridgehead atoms. The van der Waals surface area contributed by atoms with E-state index in [2.05, 4.69) is 5.32 Å². The van der Waals surface area contributed by atoms with Crippen LogP contribution in [0.1, 0.15) is 25.5 Å². The summed E-state index contributed by atoms with van der Waals surface area (Å²) in [6.07, 6.45) is 0. The maximum Gasteiger partial charge on any atom is 0.224 e. The van der Waals surface area contributed by atoms with Crippen molar-refractivity contribution in [2.45, 2.75) is 19.9 Å². The summed E-state index contributed by atoms with van der Waals surface area (Å²) in [6, 6.07) is 9.92. The second-order valence-electron chi connectivity index (χ2n) is 3.78. The zero-order valence-electron chi connectivity index (χ0n) is 9.64. The summed E-state index contributed by atoms with van der Waals surface area (Å²) in [6.45, 7) is 4.18. The van der Waals surface area contributed by atoms with Crippen LogP contribution in [0.4, 0.5) is 0 Å². The Morgan fingerprint density at radius 3 is 2.38 bits per heavy atom. The Labute approximate surface area is 103 Å².